The minimum Gasteiger partial charge on any atom is -0.353 e. The molecule has 4 heteroatoms. The molecule has 0 radical (unpaired) electrons. The molecule has 2 heterocycles. The number of rotatable bonds is 3. The Balaban J connectivity index is 2.39. The molecule has 0 aromatic carbocycles. The van der Waals surface area contributed by atoms with Gasteiger partial charge in [0.15, 0.2) is 0 Å². The Morgan fingerprint density at radius 2 is 2.17 bits per heavy atom. The topological polar surface area (TPSA) is 29.0 Å². The molecule has 1 aromatic rings. The Morgan fingerprint density at radius 1 is 1.39 bits per heavy atom. The minimum atomic E-state index is 0.355. The van der Waals surface area contributed by atoms with Crippen molar-refractivity contribution in [1.29, 1.82) is 0 Å². The van der Waals surface area contributed by atoms with Gasteiger partial charge in [0.25, 0.3) is 0 Å². The van der Waals surface area contributed by atoms with E-state index in [4.69, 9.17) is 11.6 Å². The van der Waals surface area contributed by atoms with E-state index in [0.29, 0.717) is 17.1 Å². The molecule has 0 amide bonds. The summed E-state index contributed by atoms with van der Waals surface area (Å²) in [5.41, 5.74) is 1.10. The Labute approximate surface area is 115 Å². The van der Waals surface area contributed by atoms with Crippen LogP contribution in [0.5, 0.6) is 0 Å². The Morgan fingerprint density at radius 3 is 2.83 bits per heavy atom. The zero-order valence-corrected chi connectivity index (χ0v) is 12.2. The van der Waals surface area contributed by atoms with E-state index in [1.165, 1.54) is 25.7 Å². The number of nitrogens with zero attached hydrogens (tertiary/aromatic N) is 3. The standard InChI is InChI=1S/C14H22ClN3/c1-4-11-7-5-6-8-18(11)14-12(10(2)3)13(15)16-9-17-14/h9-11H,4-8H2,1-3H3. The van der Waals surface area contributed by atoms with Crippen molar-refractivity contribution in [1.82, 2.24) is 9.97 Å². The summed E-state index contributed by atoms with van der Waals surface area (Å²) >= 11 is 6.26. The summed E-state index contributed by atoms with van der Waals surface area (Å²) in [4.78, 5) is 11.1. The number of aromatic nitrogens is 2. The van der Waals surface area contributed by atoms with Gasteiger partial charge in [-0.05, 0) is 31.6 Å². The Hall–Kier alpha value is -0.830. The summed E-state index contributed by atoms with van der Waals surface area (Å²) in [5.74, 6) is 1.41. The van der Waals surface area contributed by atoms with Gasteiger partial charge in [0.1, 0.15) is 17.3 Å². The lowest BCUT2D eigenvalue weighted by molar-refractivity contribution is 0.445. The second kappa shape index (κ2) is 5.87. The fourth-order valence-electron chi connectivity index (χ4n) is 2.79. The summed E-state index contributed by atoms with van der Waals surface area (Å²) in [7, 11) is 0. The fourth-order valence-corrected chi connectivity index (χ4v) is 3.14. The monoisotopic (exact) mass is 267 g/mol. The zero-order valence-electron chi connectivity index (χ0n) is 11.5. The van der Waals surface area contributed by atoms with Crippen molar-refractivity contribution in [3.8, 4) is 0 Å². The smallest absolute Gasteiger partial charge is 0.138 e. The lowest BCUT2D eigenvalue weighted by Gasteiger charge is -2.37. The highest BCUT2D eigenvalue weighted by Crippen LogP contribution is 2.34. The van der Waals surface area contributed by atoms with Gasteiger partial charge in [-0.15, -0.1) is 0 Å². The van der Waals surface area contributed by atoms with Gasteiger partial charge in [-0.1, -0.05) is 32.4 Å². The lowest BCUT2D eigenvalue weighted by atomic mass is 9.98. The molecule has 0 bridgehead atoms. The van der Waals surface area contributed by atoms with Crippen LogP contribution in [0.25, 0.3) is 0 Å². The van der Waals surface area contributed by atoms with Crippen molar-refractivity contribution in [3.05, 3.63) is 17.0 Å². The van der Waals surface area contributed by atoms with Gasteiger partial charge >= 0.3 is 0 Å². The average molecular weight is 268 g/mol. The van der Waals surface area contributed by atoms with Crippen LogP contribution in [0.2, 0.25) is 5.15 Å². The van der Waals surface area contributed by atoms with Crippen molar-refractivity contribution in [2.75, 3.05) is 11.4 Å². The van der Waals surface area contributed by atoms with Gasteiger partial charge in [0.2, 0.25) is 0 Å². The van der Waals surface area contributed by atoms with Gasteiger partial charge in [-0.2, -0.15) is 0 Å². The van der Waals surface area contributed by atoms with Crippen LogP contribution in [0, 0.1) is 0 Å². The van der Waals surface area contributed by atoms with Crippen molar-refractivity contribution in [3.63, 3.8) is 0 Å². The van der Waals surface area contributed by atoms with Gasteiger partial charge in [-0.3, -0.25) is 0 Å². The molecule has 0 aliphatic carbocycles. The molecule has 1 saturated heterocycles. The normalized spacial score (nSPS) is 20.5. The highest BCUT2D eigenvalue weighted by molar-refractivity contribution is 6.30. The summed E-state index contributed by atoms with van der Waals surface area (Å²) in [6, 6.07) is 0.599. The number of piperidine rings is 1. The first kappa shape index (κ1) is 13.6. The van der Waals surface area contributed by atoms with E-state index in [0.717, 1.165) is 17.9 Å². The molecular formula is C14H22ClN3. The maximum Gasteiger partial charge on any atom is 0.138 e. The molecule has 100 valence electrons. The molecule has 18 heavy (non-hydrogen) atoms. The van der Waals surface area contributed by atoms with Crippen molar-refractivity contribution < 1.29 is 0 Å². The molecule has 0 N–H and O–H groups in total. The fraction of sp³-hybridized carbons (Fsp3) is 0.714. The molecule has 3 nitrogen and oxygen atoms in total. The highest BCUT2D eigenvalue weighted by Gasteiger charge is 2.26. The van der Waals surface area contributed by atoms with Crippen molar-refractivity contribution in [2.24, 2.45) is 0 Å². The van der Waals surface area contributed by atoms with E-state index >= 15 is 0 Å². The van der Waals surface area contributed by atoms with Gasteiger partial charge in [0, 0.05) is 18.2 Å². The molecule has 1 unspecified atom stereocenters. The van der Waals surface area contributed by atoms with Crippen LogP contribution in [0.4, 0.5) is 5.82 Å². The van der Waals surface area contributed by atoms with E-state index < -0.39 is 0 Å². The number of hydrogen-bond donors (Lipinski definition) is 0. The van der Waals surface area contributed by atoms with E-state index in [9.17, 15) is 0 Å². The van der Waals surface area contributed by atoms with Crippen molar-refractivity contribution >= 4 is 17.4 Å². The van der Waals surface area contributed by atoms with E-state index in [1.54, 1.807) is 6.33 Å². The Kier molecular flexibility index (Phi) is 4.44. The third kappa shape index (κ3) is 2.61. The third-order valence-corrected chi connectivity index (χ3v) is 4.06. The summed E-state index contributed by atoms with van der Waals surface area (Å²) in [5, 5.41) is 0.607. The van der Waals surface area contributed by atoms with Crippen LogP contribution in [-0.4, -0.2) is 22.6 Å². The van der Waals surface area contributed by atoms with Crippen molar-refractivity contribution in [2.45, 2.75) is 58.4 Å². The first-order valence-electron chi connectivity index (χ1n) is 6.92. The molecule has 1 fully saturated rings. The van der Waals surface area contributed by atoms with Crippen LogP contribution in [-0.2, 0) is 0 Å². The number of hydrogen-bond acceptors (Lipinski definition) is 3. The largest absolute Gasteiger partial charge is 0.353 e. The quantitative estimate of drug-likeness (QED) is 0.775. The first-order valence-corrected chi connectivity index (χ1v) is 7.30. The van der Waals surface area contributed by atoms with Gasteiger partial charge in [-0.25, -0.2) is 9.97 Å². The van der Waals surface area contributed by atoms with Crippen LogP contribution in [0.3, 0.4) is 0 Å². The molecule has 1 aromatic heterocycles. The lowest BCUT2D eigenvalue weighted by Crippen LogP contribution is -2.40. The predicted octanol–water partition coefficient (Wildman–Crippen LogP) is 4.02. The second-order valence-electron chi connectivity index (χ2n) is 5.31. The predicted molar refractivity (Wildman–Crippen MR) is 76.4 cm³/mol. The molecule has 2 rings (SSSR count). The van der Waals surface area contributed by atoms with Crippen LogP contribution < -0.4 is 4.90 Å². The zero-order chi connectivity index (χ0) is 13.1. The molecular weight excluding hydrogens is 246 g/mol. The molecule has 0 saturated carbocycles. The molecule has 0 spiro atoms. The van der Waals surface area contributed by atoms with E-state index in [-0.39, 0.29) is 0 Å². The van der Waals surface area contributed by atoms with Gasteiger partial charge < -0.3 is 4.90 Å². The van der Waals surface area contributed by atoms with Crippen LogP contribution in [0.15, 0.2) is 6.33 Å². The maximum absolute atomic E-state index is 6.26. The minimum absolute atomic E-state index is 0.355. The van der Waals surface area contributed by atoms with Gasteiger partial charge in [0.05, 0.1) is 0 Å². The summed E-state index contributed by atoms with van der Waals surface area (Å²) < 4.78 is 0. The summed E-state index contributed by atoms with van der Waals surface area (Å²) in [6.07, 6.45) is 6.58. The third-order valence-electron chi connectivity index (χ3n) is 3.76. The number of anilines is 1. The second-order valence-corrected chi connectivity index (χ2v) is 5.67. The number of halogens is 1. The molecule has 1 atom stereocenters. The van der Waals surface area contributed by atoms with Crippen LogP contribution in [0.1, 0.15) is 57.9 Å². The van der Waals surface area contributed by atoms with Crippen LogP contribution >= 0.6 is 11.6 Å². The summed E-state index contributed by atoms with van der Waals surface area (Å²) in [6.45, 7) is 7.64. The molecule has 1 aliphatic heterocycles. The first-order chi connectivity index (χ1) is 8.65. The maximum atomic E-state index is 6.26. The molecule has 1 aliphatic rings. The van der Waals surface area contributed by atoms with E-state index in [1.807, 2.05) is 0 Å². The SMILES string of the molecule is CCC1CCCCN1c1ncnc(Cl)c1C(C)C. The Bertz CT molecular complexity index is 406. The average Bonchev–Trinajstić information content (AvgIpc) is 2.38. The van der Waals surface area contributed by atoms with E-state index in [2.05, 4.69) is 35.6 Å². The highest BCUT2D eigenvalue weighted by atomic mass is 35.5.